The molecule has 0 bridgehead atoms. The average molecular weight is 191 g/mol. The van der Waals surface area contributed by atoms with Crippen LogP contribution >= 0.6 is 0 Å². The molecule has 0 saturated heterocycles. The first-order chi connectivity index (χ1) is 6.67. The van der Waals surface area contributed by atoms with E-state index in [1.165, 1.54) is 31.4 Å². The second-order valence-electron chi connectivity index (χ2n) is 4.56. The lowest BCUT2D eigenvalue weighted by atomic mass is 9.83. The minimum absolute atomic E-state index is 0.233. The summed E-state index contributed by atoms with van der Waals surface area (Å²) in [4.78, 5) is 4.43. The maximum Gasteiger partial charge on any atom is 0.0459 e. The number of aromatic nitrogens is 1. The van der Waals surface area contributed by atoms with E-state index in [9.17, 15) is 0 Å². The molecule has 0 aliphatic heterocycles. The summed E-state index contributed by atoms with van der Waals surface area (Å²) >= 11 is 0. The maximum atomic E-state index is 4.43. The zero-order valence-corrected chi connectivity index (χ0v) is 9.59. The van der Waals surface area contributed by atoms with Gasteiger partial charge in [-0.25, -0.2) is 0 Å². The smallest absolute Gasteiger partial charge is 0.0459 e. The van der Waals surface area contributed by atoms with Crippen LogP contribution in [0.2, 0.25) is 0 Å². The lowest BCUT2D eigenvalue weighted by molar-refractivity contribution is 0.439. The molecule has 0 aliphatic rings. The van der Waals surface area contributed by atoms with Crippen molar-refractivity contribution in [3.05, 3.63) is 30.1 Å². The first-order valence-electron chi connectivity index (χ1n) is 5.58. The number of rotatable bonds is 5. The molecule has 0 unspecified atom stereocenters. The van der Waals surface area contributed by atoms with Gasteiger partial charge in [0.1, 0.15) is 0 Å². The molecule has 0 saturated carbocycles. The van der Waals surface area contributed by atoms with Crippen molar-refractivity contribution in [3.8, 4) is 0 Å². The molecule has 1 nitrogen and oxygen atoms in total. The fourth-order valence-electron chi connectivity index (χ4n) is 1.71. The Kier molecular flexibility index (Phi) is 4.12. The number of pyridine rings is 1. The summed E-state index contributed by atoms with van der Waals surface area (Å²) in [7, 11) is 0. The topological polar surface area (TPSA) is 12.9 Å². The molecule has 0 amide bonds. The van der Waals surface area contributed by atoms with Crippen LogP contribution in [0.3, 0.4) is 0 Å². The molecule has 14 heavy (non-hydrogen) atoms. The van der Waals surface area contributed by atoms with Crippen molar-refractivity contribution in [2.24, 2.45) is 0 Å². The molecule has 1 aromatic heterocycles. The lowest BCUT2D eigenvalue weighted by Gasteiger charge is -2.23. The van der Waals surface area contributed by atoms with E-state index < -0.39 is 0 Å². The molecule has 0 aliphatic carbocycles. The number of unbranched alkanes of at least 4 members (excludes halogenated alkanes) is 2. The second-order valence-corrected chi connectivity index (χ2v) is 4.56. The van der Waals surface area contributed by atoms with Crippen LogP contribution in [0, 0.1) is 0 Å². The molecular weight excluding hydrogens is 170 g/mol. The zero-order valence-electron chi connectivity index (χ0n) is 9.59. The highest BCUT2D eigenvalue weighted by molar-refractivity contribution is 5.13. The molecule has 1 rings (SSSR count). The zero-order chi connectivity index (χ0) is 10.4. The van der Waals surface area contributed by atoms with Gasteiger partial charge in [-0.3, -0.25) is 4.98 Å². The SMILES string of the molecule is CCCCCC(C)(C)c1ccccn1. The molecule has 0 spiro atoms. The monoisotopic (exact) mass is 191 g/mol. The number of hydrogen-bond donors (Lipinski definition) is 0. The first-order valence-corrected chi connectivity index (χ1v) is 5.58. The van der Waals surface area contributed by atoms with E-state index in [1.54, 1.807) is 0 Å². The molecule has 1 heteroatoms. The molecular formula is C13H21N. The quantitative estimate of drug-likeness (QED) is 0.642. The van der Waals surface area contributed by atoms with Gasteiger partial charge < -0.3 is 0 Å². The summed E-state index contributed by atoms with van der Waals surface area (Å²) in [6, 6.07) is 6.18. The Morgan fingerprint density at radius 3 is 2.57 bits per heavy atom. The summed E-state index contributed by atoms with van der Waals surface area (Å²) in [6.07, 6.45) is 7.05. The van der Waals surface area contributed by atoms with Crippen LogP contribution in [-0.2, 0) is 5.41 Å². The van der Waals surface area contributed by atoms with E-state index >= 15 is 0 Å². The lowest BCUT2D eigenvalue weighted by Crippen LogP contribution is -2.18. The van der Waals surface area contributed by atoms with E-state index in [4.69, 9.17) is 0 Å². The largest absolute Gasteiger partial charge is 0.261 e. The highest BCUT2D eigenvalue weighted by Gasteiger charge is 2.20. The van der Waals surface area contributed by atoms with Crippen LogP contribution in [0.15, 0.2) is 24.4 Å². The normalized spacial score (nSPS) is 11.6. The predicted molar refractivity (Wildman–Crippen MR) is 61.4 cm³/mol. The number of hydrogen-bond acceptors (Lipinski definition) is 1. The molecule has 78 valence electrons. The molecule has 1 heterocycles. The van der Waals surface area contributed by atoms with Crippen LogP contribution in [0.1, 0.15) is 52.1 Å². The minimum atomic E-state index is 0.233. The van der Waals surface area contributed by atoms with E-state index in [0.29, 0.717) is 0 Å². The van der Waals surface area contributed by atoms with Gasteiger partial charge in [-0.15, -0.1) is 0 Å². The maximum absolute atomic E-state index is 4.43. The van der Waals surface area contributed by atoms with Gasteiger partial charge in [0.2, 0.25) is 0 Å². The molecule has 0 radical (unpaired) electrons. The van der Waals surface area contributed by atoms with Crippen molar-refractivity contribution in [2.75, 3.05) is 0 Å². The van der Waals surface area contributed by atoms with Crippen LogP contribution in [0.4, 0.5) is 0 Å². The summed E-state index contributed by atoms with van der Waals surface area (Å²) in [5.41, 5.74) is 1.45. The van der Waals surface area contributed by atoms with Crippen LogP contribution in [0.5, 0.6) is 0 Å². The molecule has 1 aromatic rings. The van der Waals surface area contributed by atoms with Crippen molar-refractivity contribution >= 4 is 0 Å². The van der Waals surface area contributed by atoms with Crippen molar-refractivity contribution in [1.82, 2.24) is 4.98 Å². The third kappa shape index (κ3) is 3.13. The van der Waals surface area contributed by atoms with E-state index in [2.05, 4.69) is 37.9 Å². The first kappa shape index (κ1) is 11.2. The van der Waals surface area contributed by atoms with E-state index in [1.807, 2.05) is 12.3 Å². The highest BCUT2D eigenvalue weighted by atomic mass is 14.7. The van der Waals surface area contributed by atoms with Gasteiger partial charge in [-0.05, 0) is 18.6 Å². The third-order valence-electron chi connectivity index (χ3n) is 2.76. The van der Waals surface area contributed by atoms with Crippen molar-refractivity contribution in [1.29, 1.82) is 0 Å². The van der Waals surface area contributed by atoms with Gasteiger partial charge >= 0.3 is 0 Å². The van der Waals surface area contributed by atoms with Crippen molar-refractivity contribution in [3.63, 3.8) is 0 Å². The Bertz CT molecular complexity index is 251. The van der Waals surface area contributed by atoms with Gasteiger partial charge in [0.05, 0.1) is 0 Å². The van der Waals surface area contributed by atoms with Crippen LogP contribution in [0.25, 0.3) is 0 Å². The molecule has 0 fully saturated rings. The van der Waals surface area contributed by atoms with Crippen LogP contribution < -0.4 is 0 Å². The summed E-state index contributed by atoms with van der Waals surface area (Å²) in [5.74, 6) is 0. The van der Waals surface area contributed by atoms with Crippen molar-refractivity contribution in [2.45, 2.75) is 51.9 Å². The van der Waals surface area contributed by atoms with Gasteiger partial charge in [0.25, 0.3) is 0 Å². The number of nitrogens with zero attached hydrogens (tertiary/aromatic N) is 1. The van der Waals surface area contributed by atoms with Gasteiger partial charge in [-0.2, -0.15) is 0 Å². The summed E-state index contributed by atoms with van der Waals surface area (Å²) in [6.45, 7) is 6.81. The Morgan fingerprint density at radius 2 is 2.00 bits per heavy atom. The second kappa shape index (κ2) is 5.14. The summed E-state index contributed by atoms with van der Waals surface area (Å²) in [5, 5.41) is 0. The van der Waals surface area contributed by atoms with Gasteiger partial charge in [0, 0.05) is 17.3 Å². The molecule has 0 atom stereocenters. The van der Waals surface area contributed by atoms with Gasteiger partial charge in [-0.1, -0.05) is 46.1 Å². The van der Waals surface area contributed by atoms with E-state index in [0.717, 1.165) is 0 Å². The summed E-state index contributed by atoms with van der Waals surface area (Å²) < 4.78 is 0. The Labute approximate surface area is 87.6 Å². The van der Waals surface area contributed by atoms with Gasteiger partial charge in [0.15, 0.2) is 0 Å². The standard InChI is InChI=1S/C13H21N/c1-4-5-7-10-13(2,3)12-9-6-8-11-14-12/h6,8-9,11H,4-5,7,10H2,1-3H3. The van der Waals surface area contributed by atoms with Crippen LogP contribution in [-0.4, -0.2) is 4.98 Å². The minimum Gasteiger partial charge on any atom is -0.261 e. The fraction of sp³-hybridized carbons (Fsp3) is 0.615. The Morgan fingerprint density at radius 1 is 1.21 bits per heavy atom. The predicted octanol–water partition coefficient (Wildman–Crippen LogP) is 3.94. The fourth-order valence-corrected chi connectivity index (χ4v) is 1.71. The molecule has 0 N–H and O–H groups in total. The molecule has 0 aromatic carbocycles. The highest BCUT2D eigenvalue weighted by Crippen LogP contribution is 2.27. The average Bonchev–Trinajstić information content (AvgIpc) is 2.19. The van der Waals surface area contributed by atoms with E-state index in [-0.39, 0.29) is 5.41 Å². The van der Waals surface area contributed by atoms with Crippen molar-refractivity contribution < 1.29 is 0 Å². The Hall–Kier alpha value is -0.850. The third-order valence-corrected chi connectivity index (χ3v) is 2.76. The Balaban J connectivity index is 2.56.